The van der Waals surface area contributed by atoms with Gasteiger partial charge in [0, 0.05) is 18.7 Å². The summed E-state index contributed by atoms with van der Waals surface area (Å²) in [7, 11) is 0. The van der Waals surface area contributed by atoms with Crippen LogP contribution in [0.1, 0.15) is 31.4 Å². The van der Waals surface area contributed by atoms with E-state index in [9.17, 15) is 9.50 Å². The smallest absolute Gasteiger partial charge is 0.128 e. The lowest BCUT2D eigenvalue weighted by Gasteiger charge is -2.22. The molecule has 0 spiro atoms. The Bertz CT molecular complexity index is 340. The summed E-state index contributed by atoms with van der Waals surface area (Å²) >= 11 is 0. The quantitative estimate of drug-likeness (QED) is 0.746. The number of halogens is 1. The lowest BCUT2D eigenvalue weighted by Crippen LogP contribution is -2.29. The van der Waals surface area contributed by atoms with Crippen LogP contribution in [-0.4, -0.2) is 41.4 Å². The number of aliphatic hydroxyl groups is 2. The molecule has 2 N–H and O–H groups in total. The summed E-state index contributed by atoms with van der Waals surface area (Å²) in [4.78, 5) is 2.07. The van der Waals surface area contributed by atoms with E-state index < -0.39 is 6.10 Å². The molecule has 4 heteroatoms. The minimum atomic E-state index is -0.788. The van der Waals surface area contributed by atoms with E-state index in [0.717, 1.165) is 13.0 Å². The molecule has 0 aromatic heterocycles. The van der Waals surface area contributed by atoms with Crippen molar-refractivity contribution in [1.82, 2.24) is 4.90 Å². The van der Waals surface area contributed by atoms with Gasteiger partial charge in [-0.2, -0.15) is 0 Å². The van der Waals surface area contributed by atoms with Gasteiger partial charge in [-0.25, -0.2) is 4.39 Å². The highest BCUT2D eigenvalue weighted by Crippen LogP contribution is 2.19. The molecule has 1 unspecified atom stereocenters. The standard InChI is InChI=1S/C14H22FNO2/c1-2-8-16(10-11-17)9-7-14(18)12-5-3-4-6-13(12)15/h3-6,14,17-18H,2,7-11H2,1H3. The fourth-order valence-electron chi connectivity index (χ4n) is 2.00. The van der Waals surface area contributed by atoms with Crippen LogP contribution in [-0.2, 0) is 0 Å². The molecule has 0 aliphatic heterocycles. The Kier molecular flexibility index (Phi) is 6.86. The van der Waals surface area contributed by atoms with Crippen molar-refractivity contribution in [3.8, 4) is 0 Å². The summed E-state index contributed by atoms with van der Waals surface area (Å²) in [5, 5.41) is 18.9. The molecule has 0 fully saturated rings. The highest BCUT2D eigenvalue weighted by molar-refractivity contribution is 5.19. The molecule has 0 aliphatic carbocycles. The second-order valence-electron chi connectivity index (χ2n) is 4.39. The van der Waals surface area contributed by atoms with Gasteiger partial charge in [0.1, 0.15) is 5.82 Å². The molecule has 0 aliphatic rings. The summed E-state index contributed by atoms with van der Waals surface area (Å²) in [6, 6.07) is 6.30. The molecule has 3 nitrogen and oxygen atoms in total. The molecular formula is C14H22FNO2. The van der Waals surface area contributed by atoms with E-state index in [2.05, 4.69) is 11.8 Å². The van der Waals surface area contributed by atoms with Gasteiger partial charge in [-0.05, 0) is 25.5 Å². The van der Waals surface area contributed by atoms with Crippen LogP contribution in [0.2, 0.25) is 0 Å². The normalized spacial score (nSPS) is 12.9. The van der Waals surface area contributed by atoms with Crippen molar-refractivity contribution >= 4 is 0 Å². The molecule has 0 heterocycles. The fourth-order valence-corrected chi connectivity index (χ4v) is 2.00. The van der Waals surface area contributed by atoms with Gasteiger partial charge < -0.3 is 15.1 Å². The van der Waals surface area contributed by atoms with Crippen LogP contribution in [0.25, 0.3) is 0 Å². The third-order valence-electron chi connectivity index (χ3n) is 2.94. The molecule has 0 saturated heterocycles. The third-order valence-corrected chi connectivity index (χ3v) is 2.94. The van der Waals surface area contributed by atoms with Crippen molar-refractivity contribution in [3.05, 3.63) is 35.6 Å². The number of hydrogen-bond acceptors (Lipinski definition) is 3. The van der Waals surface area contributed by atoms with E-state index in [0.29, 0.717) is 25.1 Å². The molecule has 0 amide bonds. The van der Waals surface area contributed by atoms with E-state index in [1.54, 1.807) is 18.2 Å². The van der Waals surface area contributed by atoms with Crippen LogP contribution in [0.3, 0.4) is 0 Å². The first-order valence-electron chi connectivity index (χ1n) is 6.44. The predicted octanol–water partition coefficient (Wildman–Crippen LogP) is 1.95. The average Bonchev–Trinajstić information content (AvgIpc) is 2.36. The van der Waals surface area contributed by atoms with Gasteiger partial charge >= 0.3 is 0 Å². The number of aliphatic hydroxyl groups excluding tert-OH is 2. The molecular weight excluding hydrogens is 233 g/mol. The molecule has 0 saturated carbocycles. The van der Waals surface area contributed by atoms with Crippen molar-refractivity contribution in [2.75, 3.05) is 26.2 Å². The number of benzene rings is 1. The van der Waals surface area contributed by atoms with Gasteiger partial charge in [0.05, 0.1) is 12.7 Å². The molecule has 0 radical (unpaired) electrons. The molecule has 1 atom stereocenters. The van der Waals surface area contributed by atoms with Crippen molar-refractivity contribution in [2.45, 2.75) is 25.9 Å². The molecule has 102 valence electrons. The number of rotatable bonds is 8. The monoisotopic (exact) mass is 255 g/mol. The lowest BCUT2D eigenvalue weighted by atomic mass is 10.1. The van der Waals surface area contributed by atoms with E-state index in [1.807, 2.05) is 0 Å². The van der Waals surface area contributed by atoms with E-state index in [-0.39, 0.29) is 12.4 Å². The van der Waals surface area contributed by atoms with Gasteiger partial charge in [0.25, 0.3) is 0 Å². The first kappa shape index (κ1) is 15.1. The van der Waals surface area contributed by atoms with Gasteiger partial charge in [0.15, 0.2) is 0 Å². The van der Waals surface area contributed by atoms with Crippen LogP contribution >= 0.6 is 0 Å². The van der Waals surface area contributed by atoms with Crippen LogP contribution < -0.4 is 0 Å². The maximum Gasteiger partial charge on any atom is 0.128 e. The van der Waals surface area contributed by atoms with Gasteiger partial charge in [-0.15, -0.1) is 0 Å². The van der Waals surface area contributed by atoms with E-state index in [4.69, 9.17) is 5.11 Å². The third kappa shape index (κ3) is 4.72. The highest BCUT2D eigenvalue weighted by Gasteiger charge is 2.13. The maximum absolute atomic E-state index is 13.4. The molecule has 1 aromatic carbocycles. The van der Waals surface area contributed by atoms with Crippen LogP contribution in [0.4, 0.5) is 4.39 Å². The van der Waals surface area contributed by atoms with Crippen molar-refractivity contribution < 1.29 is 14.6 Å². The van der Waals surface area contributed by atoms with E-state index >= 15 is 0 Å². The number of nitrogens with zero attached hydrogens (tertiary/aromatic N) is 1. The van der Waals surface area contributed by atoms with Crippen LogP contribution in [0.5, 0.6) is 0 Å². The molecule has 18 heavy (non-hydrogen) atoms. The summed E-state index contributed by atoms with van der Waals surface area (Å²) < 4.78 is 13.4. The summed E-state index contributed by atoms with van der Waals surface area (Å²) in [6.45, 7) is 4.31. The Morgan fingerprint density at radius 1 is 1.22 bits per heavy atom. The minimum absolute atomic E-state index is 0.107. The molecule has 0 bridgehead atoms. The van der Waals surface area contributed by atoms with Crippen molar-refractivity contribution in [1.29, 1.82) is 0 Å². The lowest BCUT2D eigenvalue weighted by molar-refractivity contribution is 0.128. The zero-order valence-corrected chi connectivity index (χ0v) is 10.8. The summed E-state index contributed by atoms with van der Waals surface area (Å²) in [6.07, 6.45) is 0.681. The second-order valence-corrected chi connectivity index (χ2v) is 4.39. The predicted molar refractivity (Wildman–Crippen MR) is 69.8 cm³/mol. The first-order valence-corrected chi connectivity index (χ1v) is 6.44. The highest BCUT2D eigenvalue weighted by atomic mass is 19.1. The first-order chi connectivity index (χ1) is 8.69. The van der Waals surface area contributed by atoms with Crippen LogP contribution in [0, 0.1) is 5.82 Å². The topological polar surface area (TPSA) is 43.7 Å². The number of hydrogen-bond donors (Lipinski definition) is 2. The average molecular weight is 255 g/mol. The van der Waals surface area contributed by atoms with Crippen LogP contribution in [0.15, 0.2) is 24.3 Å². The molecule has 1 aromatic rings. The van der Waals surface area contributed by atoms with Gasteiger partial charge in [-0.3, -0.25) is 0 Å². The minimum Gasteiger partial charge on any atom is -0.395 e. The van der Waals surface area contributed by atoms with E-state index in [1.165, 1.54) is 6.07 Å². The Hall–Kier alpha value is -0.970. The van der Waals surface area contributed by atoms with Gasteiger partial charge in [-0.1, -0.05) is 25.1 Å². The Balaban J connectivity index is 2.49. The van der Waals surface area contributed by atoms with Crippen molar-refractivity contribution in [2.24, 2.45) is 0 Å². The van der Waals surface area contributed by atoms with Gasteiger partial charge in [0.2, 0.25) is 0 Å². The summed E-state index contributed by atoms with van der Waals surface area (Å²) in [5.74, 6) is -0.366. The summed E-state index contributed by atoms with van der Waals surface area (Å²) in [5.41, 5.74) is 0.345. The fraction of sp³-hybridized carbons (Fsp3) is 0.571. The largest absolute Gasteiger partial charge is 0.395 e. The Morgan fingerprint density at radius 3 is 2.56 bits per heavy atom. The van der Waals surface area contributed by atoms with Crippen molar-refractivity contribution in [3.63, 3.8) is 0 Å². The second kappa shape index (κ2) is 8.19. The zero-order valence-electron chi connectivity index (χ0n) is 10.8. The maximum atomic E-state index is 13.4. The zero-order chi connectivity index (χ0) is 13.4. The molecule has 1 rings (SSSR count). The Labute approximate surface area is 108 Å². The Morgan fingerprint density at radius 2 is 1.94 bits per heavy atom. The SMILES string of the molecule is CCCN(CCO)CCC(O)c1ccccc1F.